The van der Waals surface area contributed by atoms with E-state index in [1.165, 1.54) is 0 Å². The zero-order valence-corrected chi connectivity index (χ0v) is 14.0. The van der Waals surface area contributed by atoms with Gasteiger partial charge in [0.25, 0.3) is 0 Å². The van der Waals surface area contributed by atoms with E-state index in [0.717, 1.165) is 64.4 Å². The predicted octanol–water partition coefficient (Wildman–Crippen LogP) is 1.24. The van der Waals surface area contributed by atoms with Gasteiger partial charge in [-0.3, -0.25) is 4.90 Å². The molecule has 0 spiro atoms. The normalized spacial score (nSPS) is 23.3. The summed E-state index contributed by atoms with van der Waals surface area (Å²) >= 11 is 0. The van der Waals surface area contributed by atoms with Crippen molar-refractivity contribution in [3.8, 4) is 0 Å². The van der Waals surface area contributed by atoms with Crippen molar-refractivity contribution >= 4 is 6.03 Å². The van der Waals surface area contributed by atoms with Crippen molar-refractivity contribution in [2.75, 3.05) is 52.4 Å². The number of amides is 2. The number of hydrogen-bond acceptors (Lipinski definition) is 4. The smallest absolute Gasteiger partial charge is 0.317 e. The van der Waals surface area contributed by atoms with Crippen molar-refractivity contribution in [2.45, 2.75) is 25.8 Å². The molecular formula is C17H28N4O2. The molecule has 0 saturated carbocycles. The summed E-state index contributed by atoms with van der Waals surface area (Å²) in [5, 5.41) is 3.00. The van der Waals surface area contributed by atoms with Crippen LogP contribution in [0.15, 0.2) is 22.8 Å². The van der Waals surface area contributed by atoms with E-state index < -0.39 is 0 Å². The number of likely N-dealkylation sites (N-methyl/N-ethyl adjacent to an activating group) is 1. The molecule has 0 radical (unpaired) electrons. The predicted molar refractivity (Wildman–Crippen MR) is 89.5 cm³/mol. The molecule has 6 nitrogen and oxygen atoms in total. The fourth-order valence-electron chi connectivity index (χ4n) is 3.53. The molecule has 0 bridgehead atoms. The average molecular weight is 320 g/mol. The van der Waals surface area contributed by atoms with Gasteiger partial charge in [0, 0.05) is 58.3 Å². The monoisotopic (exact) mass is 320 g/mol. The van der Waals surface area contributed by atoms with Gasteiger partial charge in [-0.1, -0.05) is 6.92 Å². The number of furan rings is 1. The maximum atomic E-state index is 12.3. The Labute approximate surface area is 138 Å². The summed E-state index contributed by atoms with van der Waals surface area (Å²) in [6, 6.07) is 4.41. The van der Waals surface area contributed by atoms with E-state index >= 15 is 0 Å². The van der Waals surface area contributed by atoms with Gasteiger partial charge in [0.1, 0.15) is 5.76 Å². The van der Waals surface area contributed by atoms with Crippen LogP contribution in [0.5, 0.6) is 0 Å². The lowest BCUT2D eigenvalue weighted by Gasteiger charge is -2.37. The Kier molecular flexibility index (Phi) is 5.56. The first-order valence-electron chi connectivity index (χ1n) is 8.78. The molecule has 128 valence electrons. The van der Waals surface area contributed by atoms with Gasteiger partial charge in [-0.15, -0.1) is 0 Å². The van der Waals surface area contributed by atoms with E-state index in [2.05, 4.69) is 22.0 Å². The molecule has 1 unspecified atom stereocenters. The van der Waals surface area contributed by atoms with Crippen LogP contribution in [-0.4, -0.2) is 79.1 Å². The van der Waals surface area contributed by atoms with E-state index in [9.17, 15) is 4.79 Å². The first-order chi connectivity index (χ1) is 11.3. The highest BCUT2D eigenvalue weighted by Crippen LogP contribution is 2.17. The van der Waals surface area contributed by atoms with E-state index in [1.807, 2.05) is 17.0 Å². The Bertz CT molecular complexity index is 483. The van der Waals surface area contributed by atoms with Crippen molar-refractivity contribution < 1.29 is 9.21 Å². The number of hydrogen-bond donors (Lipinski definition) is 1. The molecule has 6 heteroatoms. The first-order valence-corrected chi connectivity index (χ1v) is 8.78. The summed E-state index contributed by atoms with van der Waals surface area (Å²) < 4.78 is 5.28. The lowest BCUT2D eigenvalue weighted by atomic mass is 10.2. The van der Waals surface area contributed by atoms with Crippen molar-refractivity contribution in [3.63, 3.8) is 0 Å². The Morgan fingerprint density at radius 1 is 1.30 bits per heavy atom. The fraction of sp³-hybridized carbons (Fsp3) is 0.706. The topological polar surface area (TPSA) is 52.0 Å². The van der Waals surface area contributed by atoms with Crippen molar-refractivity contribution in [1.82, 2.24) is 20.0 Å². The quantitative estimate of drug-likeness (QED) is 0.887. The molecule has 1 atom stereocenters. The number of nitrogens with zero attached hydrogens (tertiary/aromatic N) is 3. The summed E-state index contributed by atoms with van der Waals surface area (Å²) in [6.45, 7) is 10.3. The van der Waals surface area contributed by atoms with Crippen molar-refractivity contribution in [3.05, 3.63) is 24.2 Å². The lowest BCUT2D eigenvalue weighted by Crippen LogP contribution is -2.51. The maximum Gasteiger partial charge on any atom is 0.317 e. The van der Waals surface area contributed by atoms with Crippen LogP contribution in [0, 0.1) is 0 Å². The average Bonchev–Trinajstić information content (AvgIpc) is 3.26. The molecule has 3 rings (SSSR count). The Morgan fingerprint density at radius 2 is 2.13 bits per heavy atom. The van der Waals surface area contributed by atoms with E-state index in [0.29, 0.717) is 12.6 Å². The number of likely N-dealkylation sites (tertiary alicyclic amines) is 1. The summed E-state index contributed by atoms with van der Waals surface area (Å²) in [5.41, 5.74) is 0. The van der Waals surface area contributed by atoms with Crippen LogP contribution < -0.4 is 5.32 Å². The van der Waals surface area contributed by atoms with Gasteiger partial charge in [0.15, 0.2) is 0 Å². The Morgan fingerprint density at radius 3 is 2.83 bits per heavy atom. The summed E-state index contributed by atoms with van der Waals surface area (Å²) in [5.74, 6) is 0.915. The SMILES string of the molecule is CCN1CCN(C2CCN(C(=O)NCCc3ccco3)C2)CC1. The second-order valence-electron chi connectivity index (χ2n) is 6.42. The second kappa shape index (κ2) is 7.84. The minimum absolute atomic E-state index is 0.0613. The minimum atomic E-state index is 0.0613. The van der Waals surface area contributed by atoms with Crippen LogP contribution in [0.3, 0.4) is 0 Å². The summed E-state index contributed by atoms with van der Waals surface area (Å²) in [7, 11) is 0. The zero-order chi connectivity index (χ0) is 16.1. The van der Waals surface area contributed by atoms with Gasteiger partial charge in [-0.25, -0.2) is 4.79 Å². The van der Waals surface area contributed by atoms with E-state index in [1.54, 1.807) is 6.26 Å². The van der Waals surface area contributed by atoms with Crippen LogP contribution >= 0.6 is 0 Å². The van der Waals surface area contributed by atoms with E-state index in [-0.39, 0.29) is 6.03 Å². The highest BCUT2D eigenvalue weighted by molar-refractivity contribution is 5.74. The molecule has 1 N–H and O–H groups in total. The fourth-order valence-corrected chi connectivity index (χ4v) is 3.53. The molecule has 2 saturated heterocycles. The van der Waals surface area contributed by atoms with Gasteiger partial charge >= 0.3 is 6.03 Å². The number of piperazine rings is 1. The molecule has 2 fully saturated rings. The van der Waals surface area contributed by atoms with Crippen LogP contribution in [0.25, 0.3) is 0 Å². The van der Waals surface area contributed by atoms with Gasteiger partial charge < -0.3 is 19.5 Å². The molecule has 3 heterocycles. The number of carbonyl (C=O) groups is 1. The minimum Gasteiger partial charge on any atom is -0.469 e. The van der Waals surface area contributed by atoms with Crippen LogP contribution in [-0.2, 0) is 6.42 Å². The summed E-state index contributed by atoms with van der Waals surface area (Å²) in [4.78, 5) is 19.3. The van der Waals surface area contributed by atoms with Gasteiger partial charge in [-0.05, 0) is 25.1 Å². The third-order valence-electron chi connectivity index (χ3n) is 5.05. The Balaban J connectivity index is 1.38. The molecule has 2 amide bonds. The number of urea groups is 1. The lowest BCUT2D eigenvalue weighted by molar-refractivity contribution is 0.102. The van der Waals surface area contributed by atoms with E-state index in [4.69, 9.17) is 4.42 Å². The van der Waals surface area contributed by atoms with Crippen LogP contribution in [0.4, 0.5) is 4.79 Å². The number of rotatable bonds is 5. The van der Waals surface area contributed by atoms with Crippen LogP contribution in [0.1, 0.15) is 19.1 Å². The van der Waals surface area contributed by atoms with Crippen molar-refractivity contribution in [1.29, 1.82) is 0 Å². The molecule has 2 aliphatic heterocycles. The molecule has 1 aromatic heterocycles. The highest BCUT2D eigenvalue weighted by Gasteiger charge is 2.31. The van der Waals surface area contributed by atoms with Gasteiger partial charge in [0.05, 0.1) is 6.26 Å². The largest absolute Gasteiger partial charge is 0.469 e. The molecule has 1 aromatic rings. The number of nitrogens with one attached hydrogen (secondary N) is 1. The molecule has 2 aliphatic rings. The molecule has 0 aromatic carbocycles. The maximum absolute atomic E-state index is 12.3. The third-order valence-corrected chi connectivity index (χ3v) is 5.05. The van der Waals surface area contributed by atoms with Gasteiger partial charge in [-0.2, -0.15) is 0 Å². The molecular weight excluding hydrogens is 292 g/mol. The zero-order valence-electron chi connectivity index (χ0n) is 14.0. The molecule has 0 aliphatic carbocycles. The van der Waals surface area contributed by atoms with Gasteiger partial charge in [0.2, 0.25) is 0 Å². The Hall–Kier alpha value is -1.53. The third kappa shape index (κ3) is 4.26. The second-order valence-corrected chi connectivity index (χ2v) is 6.42. The molecule has 23 heavy (non-hydrogen) atoms. The summed E-state index contributed by atoms with van der Waals surface area (Å²) in [6.07, 6.45) is 3.51. The highest BCUT2D eigenvalue weighted by atomic mass is 16.3. The first kappa shape index (κ1) is 16.3. The van der Waals surface area contributed by atoms with Crippen LogP contribution in [0.2, 0.25) is 0 Å². The van der Waals surface area contributed by atoms with Crippen molar-refractivity contribution in [2.24, 2.45) is 0 Å². The standard InChI is InChI=1S/C17H28N4O2/c1-2-19-9-11-20(12-10-19)15-6-8-21(14-15)17(22)18-7-5-16-4-3-13-23-16/h3-4,13,15H,2,5-12,14H2,1H3,(H,18,22). The number of carbonyl (C=O) groups excluding carboxylic acids is 1.